The van der Waals surface area contributed by atoms with Gasteiger partial charge in [0.05, 0.1) is 35.5 Å². The molecule has 61 heavy (non-hydrogen) atoms. The zero-order valence-electron chi connectivity index (χ0n) is 37.7. The van der Waals surface area contributed by atoms with Crippen LogP contribution in [0.4, 0.5) is 0 Å². The van der Waals surface area contributed by atoms with E-state index in [0.29, 0.717) is 28.7 Å². The van der Waals surface area contributed by atoms with Crippen molar-refractivity contribution in [3.05, 3.63) is 118 Å². The van der Waals surface area contributed by atoms with Crippen LogP contribution in [-0.2, 0) is 26.5 Å². The molecule has 0 unspecified atom stereocenters. The van der Waals surface area contributed by atoms with Crippen molar-refractivity contribution >= 4 is 5.78 Å². The number of hydrogen-bond donors (Lipinski definition) is 5. The van der Waals surface area contributed by atoms with E-state index in [4.69, 9.17) is 28.8 Å². The van der Waals surface area contributed by atoms with Gasteiger partial charge in [0.25, 0.3) is 0 Å². The third-order valence-corrected chi connectivity index (χ3v) is 11.5. The lowest BCUT2D eigenvalue weighted by Crippen LogP contribution is -2.26. The van der Waals surface area contributed by atoms with Crippen molar-refractivity contribution in [1.29, 1.82) is 0 Å². The normalized spacial score (nSPS) is 14.6. The average Bonchev–Trinajstić information content (AvgIpc) is 3.55. The number of rotatable bonds is 7. The van der Waals surface area contributed by atoms with E-state index in [1.165, 1.54) is 46.3 Å². The minimum atomic E-state index is -0.331. The highest BCUT2D eigenvalue weighted by Crippen LogP contribution is 2.64. The van der Waals surface area contributed by atoms with Crippen LogP contribution in [0.1, 0.15) is 102 Å². The van der Waals surface area contributed by atoms with Crippen LogP contribution in [0.15, 0.2) is 84.9 Å². The molecule has 0 aromatic heterocycles. The summed E-state index contributed by atoms with van der Waals surface area (Å²) in [5.74, 6) is 3.30. The number of ether oxygens (including phenoxy) is 5. The molecule has 11 heteroatoms. The largest absolute Gasteiger partial charge is 0.504 e. The van der Waals surface area contributed by atoms with Gasteiger partial charge in [-0.2, -0.15) is 0 Å². The summed E-state index contributed by atoms with van der Waals surface area (Å²) >= 11 is 0. The van der Waals surface area contributed by atoms with Crippen LogP contribution in [0.5, 0.6) is 57.5 Å². The molecule has 11 nitrogen and oxygen atoms in total. The molecule has 7 rings (SSSR count). The van der Waals surface area contributed by atoms with Gasteiger partial charge in [0.2, 0.25) is 0 Å². The number of aromatic hydroxyl groups is 5. The SMILES string of the molecule is CC(C)=O.COc1cc(C(C)(C)c2ccc(O)c(OC)c2)ccc1O.COc1cc2c(cc1O)C1(CC2(C)C)CC(C)(C)c2cc(OC)c(O)cc21.COc1ccccc1O. The van der Waals surface area contributed by atoms with Gasteiger partial charge in [-0.15, -0.1) is 0 Å². The number of phenolic OH excluding ortho intramolecular Hbond substituents is 5. The molecular weight excluding hydrogens is 777 g/mol. The molecule has 5 aromatic carbocycles. The highest BCUT2D eigenvalue weighted by Gasteiger charge is 2.57. The van der Waals surface area contributed by atoms with Crippen LogP contribution < -0.4 is 23.7 Å². The lowest BCUT2D eigenvalue weighted by Gasteiger charge is -2.30. The van der Waals surface area contributed by atoms with Gasteiger partial charge in [0, 0.05) is 10.8 Å². The Morgan fingerprint density at radius 2 is 0.803 bits per heavy atom. The van der Waals surface area contributed by atoms with E-state index < -0.39 is 0 Å². The summed E-state index contributed by atoms with van der Waals surface area (Å²) < 4.78 is 25.9. The van der Waals surface area contributed by atoms with Crippen molar-refractivity contribution < 1.29 is 54.0 Å². The average molecular weight is 839 g/mol. The third-order valence-electron chi connectivity index (χ3n) is 11.5. The molecule has 0 saturated heterocycles. The molecule has 1 spiro atoms. The molecule has 5 N–H and O–H groups in total. The Morgan fingerprint density at radius 3 is 1.13 bits per heavy atom. The zero-order valence-corrected chi connectivity index (χ0v) is 37.7. The summed E-state index contributed by atoms with van der Waals surface area (Å²) in [6, 6.07) is 25.1. The summed E-state index contributed by atoms with van der Waals surface area (Å²) in [6.45, 7) is 16.1. The summed E-state index contributed by atoms with van der Waals surface area (Å²) in [7, 11) is 7.73. The molecule has 328 valence electrons. The number of fused-ring (bicyclic) bond motifs is 4. The molecule has 5 aromatic rings. The van der Waals surface area contributed by atoms with Crippen LogP contribution in [0, 0.1) is 0 Å². The molecule has 0 atom stereocenters. The molecule has 0 radical (unpaired) electrons. The molecule has 0 bridgehead atoms. The van der Waals surface area contributed by atoms with Crippen LogP contribution in [0.3, 0.4) is 0 Å². The Kier molecular flexibility index (Phi) is 14.5. The fourth-order valence-electron chi connectivity index (χ4n) is 8.59. The highest BCUT2D eigenvalue weighted by atomic mass is 16.5. The first-order chi connectivity index (χ1) is 28.5. The van der Waals surface area contributed by atoms with E-state index in [0.717, 1.165) is 35.1 Å². The van der Waals surface area contributed by atoms with Gasteiger partial charge in [-0.3, -0.25) is 0 Å². The first-order valence-corrected chi connectivity index (χ1v) is 19.9. The van der Waals surface area contributed by atoms with Gasteiger partial charge in [0.1, 0.15) is 5.78 Å². The molecule has 0 fully saturated rings. The Balaban J connectivity index is 0.000000212. The monoisotopic (exact) mass is 838 g/mol. The predicted octanol–water partition coefficient (Wildman–Crippen LogP) is 10.2. The maximum atomic E-state index is 10.5. The Bertz CT molecular complexity index is 2200. The number of phenols is 5. The quantitative estimate of drug-likeness (QED) is 0.106. The maximum absolute atomic E-state index is 10.5. The zero-order chi connectivity index (χ0) is 45.7. The first kappa shape index (κ1) is 47.4. The summed E-state index contributed by atoms with van der Waals surface area (Å²) in [5.41, 5.74) is 5.96. The lowest BCUT2D eigenvalue weighted by atomic mass is 9.72. The second-order valence-corrected chi connectivity index (χ2v) is 17.3. The van der Waals surface area contributed by atoms with Crippen LogP contribution in [0.2, 0.25) is 0 Å². The fourth-order valence-corrected chi connectivity index (χ4v) is 8.59. The van der Waals surface area contributed by atoms with Gasteiger partial charge in [0.15, 0.2) is 57.5 Å². The number of hydrogen-bond acceptors (Lipinski definition) is 11. The Hall–Kier alpha value is -6.23. The highest BCUT2D eigenvalue weighted by molar-refractivity contribution is 5.72. The molecule has 0 heterocycles. The minimum absolute atomic E-state index is 0.0659. The van der Waals surface area contributed by atoms with E-state index in [1.54, 1.807) is 50.6 Å². The second-order valence-electron chi connectivity index (χ2n) is 17.3. The topological polar surface area (TPSA) is 164 Å². The molecule has 0 aliphatic heterocycles. The van der Waals surface area contributed by atoms with Crippen molar-refractivity contribution in [3.63, 3.8) is 0 Å². The second kappa shape index (κ2) is 18.6. The molecular formula is C50H62O11. The van der Waals surface area contributed by atoms with E-state index >= 15 is 0 Å². The van der Waals surface area contributed by atoms with Crippen molar-refractivity contribution in [3.8, 4) is 57.5 Å². The van der Waals surface area contributed by atoms with Gasteiger partial charge in [-0.25, -0.2) is 0 Å². The summed E-state index contributed by atoms with van der Waals surface area (Å²) in [6.07, 6.45) is 1.84. The number of benzene rings is 5. The van der Waals surface area contributed by atoms with Gasteiger partial charge in [-0.05, 0) is 132 Å². The number of carbonyl (C=O) groups is 1. The third kappa shape index (κ3) is 9.88. The van der Waals surface area contributed by atoms with Gasteiger partial charge < -0.3 is 54.0 Å². The lowest BCUT2D eigenvalue weighted by molar-refractivity contribution is -0.115. The maximum Gasteiger partial charge on any atom is 0.160 e. The summed E-state index contributed by atoms with van der Waals surface area (Å²) in [5, 5.41) is 49.4. The van der Waals surface area contributed by atoms with Crippen molar-refractivity contribution in [2.75, 3.05) is 35.5 Å². The predicted molar refractivity (Wildman–Crippen MR) is 238 cm³/mol. The Morgan fingerprint density at radius 1 is 0.475 bits per heavy atom. The van der Waals surface area contributed by atoms with E-state index in [2.05, 4.69) is 41.5 Å². The number of carbonyl (C=O) groups excluding carboxylic acids is 1. The summed E-state index contributed by atoms with van der Waals surface area (Å²) in [4.78, 5) is 9.44. The number of Topliss-reactive ketones (excluding diaryl/α,β-unsaturated/α-hetero) is 1. The molecule has 0 saturated carbocycles. The van der Waals surface area contributed by atoms with Crippen molar-refractivity contribution in [1.82, 2.24) is 0 Å². The van der Waals surface area contributed by atoms with E-state index in [-0.39, 0.29) is 56.2 Å². The van der Waals surface area contributed by atoms with E-state index in [1.807, 2.05) is 48.5 Å². The number of methoxy groups -OCH3 is 5. The van der Waals surface area contributed by atoms with Crippen LogP contribution in [-0.4, -0.2) is 66.9 Å². The van der Waals surface area contributed by atoms with E-state index in [9.17, 15) is 25.2 Å². The number of para-hydroxylation sites is 2. The minimum Gasteiger partial charge on any atom is -0.504 e. The standard InChI is InChI=1S/C23H28O4.C17H20O4.C7H8O2.C3H6O/c1-21(2)11-23(15-7-17(24)19(26-5)9-13(15)21)12-22(3,4)14-10-20(27-6)18(25)8-16(14)23;1-17(2,11-5-7-13(18)15(9-11)20-3)12-6-8-14(19)16(10-12)21-4;1-9-7-5-3-2-4-6(7)8;1-3(2)4/h7-10,24-25H,11-12H2,1-6H3;5-10,18-19H,1-4H3;2-5,8H,1H3;1-2H3. The smallest absolute Gasteiger partial charge is 0.160 e. The molecule has 0 amide bonds. The van der Waals surface area contributed by atoms with Crippen LogP contribution >= 0.6 is 0 Å². The fraction of sp³-hybridized carbons (Fsp3) is 0.380. The Labute approximate surface area is 360 Å². The van der Waals surface area contributed by atoms with Crippen molar-refractivity contribution in [2.45, 2.75) is 89.9 Å². The van der Waals surface area contributed by atoms with Crippen LogP contribution in [0.25, 0.3) is 0 Å². The molecule has 2 aliphatic rings. The first-order valence-electron chi connectivity index (χ1n) is 19.9. The number of ketones is 1. The van der Waals surface area contributed by atoms with Crippen molar-refractivity contribution in [2.24, 2.45) is 0 Å². The van der Waals surface area contributed by atoms with Gasteiger partial charge >= 0.3 is 0 Å². The molecule has 2 aliphatic carbocycles. The van der Waals surface area contributed by atoms with Gasteiger partial charge in [-0.1, -0.05) is 65.8 Å².